The minimum absolute atomic E-state index is 0.0256. The van der Waals surface area contributed by atoms with Crippen LogP contribution in [-0.4, -0.2) is 42.0 Å². The monoisotopic (exact) mass is 595 g/mol. The lowest BCUT2D eigenvalue weighted by Gasteiger charge is -2.14. The second-order valence-corrected chi connectivity index (χ2v) is 12.2. The number of thioether (sulfide) groups is 1. The number of benzene rings is 3. The summed E-state index contributed by atoms with van der Waals surface area (Å²) in [4.78, 5) is 35.3. The van der Waals surface area contributed by atoms with Gasteiger partial charge < -0.3 is 5.32 Å². The molecule has 0 atom stereocenters. The molecule has 0 saturated carbocycles. The van der Waals surface area contributed by atoms with Crippen LogP contribution in [0.5, 0.6) is 0 Å². The molecule has 0 saturated heterocycles. The lowest BCUT2D eigenvalue weighted by molar-refractivity contribution is -0.113. The van der Waals surface area contributed by atoms with Crippen molar-refractivity contribution >= 4 is 61.7 Å². The molecule has 0 unspecified atom stereocenters. The highest BCUT2D eigenvalue weighted by Crippen LogP contribution is 2.23. The number of halogens is 1. The van der Waals surface area contributed by atoms with Crippen LogP contribution in [0.4, 0.5) is 5.69 Å². The molecule has 5 rings (SSSR count). The molecule has 206 valence electrons. The third-order valence-corrected chi connectivity index (χ3v) is 8.79. The van der Waals surface area contributed by atoms with E-state index in [9.17, 15) is 18.0 Å². The fraction of sp³-hybridized carbons (Fsp3) is 0.214. The molecule has 1 aliphatic rings. The first-order valence-corrected chi connectivity index (χ1v) is 15.5. The Morgan fingerprint density at radius 1 is 1.00 bits per heavy atom. The normalized spacial score (nSPS) is 13.9. The number of nitrogens with one attached hydrogen (secondary N) is 2. The van der Waals surface area contributed by atoms with Gasteiger partial charge in [0.25, 0.3) is 15.6 Å². The maximum atomic E-state index is 13.4. The Morgan fingerprint density at radius 2 is 1.80 bits per heavy atom. The highest BCUT2D eigenvalue weighted by molar-refractivity contribution is 7.99. The van der Waals surface area contributed by atoms with E-state index in [1.54, 1.807) is 60.7 Å². The first-order chi connectivity index (χ1) is 19.3. The number of hydrogen-bond acceptors (Lipinski definition) is 7. The number of carbonyl (C=O) groups is 1. The van der Waals surface area contributed by atoms with Crippen LogP contribution in [-0.2, 0) is 14.8 Å². The number of anilines is 1. The molecule has 3 aromatic carbocycles. The summed E-state index contributed by atoms with van der Waals surface area (Å²) in [7, 11) is -3.85. The van der Waals surface area contributed by atoms with Crippen LogP contribution in [0.15, 0.2) is 92.6 Å². The molecule has 1 aromatic heterocycles. The Balaban J connectivity index is 1.33. The van der Waals surface area contributed by atoms with E-state index in [4.69, 9.17) is 11.6 Å². The van der Waals surface area contributed by atoms with Crippen LogP contribution in [0.3, 0.4) is 0 Å². The first kappa shape index (κ1) is 27.9. The Hall–Kier alpha value is -3.67. The summed E-state index contributed by atoms with van der Waals surface area (Å²) in [6, 6.07) is 19.8. The lowest BCUT2D eigenvalue weighted by atomic mass is 10.2. The highest BCUT2D eigenvalue weighted by atomic mass is 35.5. The molecule has 0 spiro atoms. The molecular formula is C28H26ClN5O4S2. The van der Waals surface area contributed by atoms with Crippen molar-refractivity contribution in [2.75, 3.05) is 17.6 Å². The Morgan fingerprint density at radius 3 is 2.62 bits per heavy atom. The molecule has 40 heavy (non-hydrogen) atoms. The minimum Gasteiger partial charge on any atom is -0.325 e. The van der Waals surface area contributed by atoms with Crippen LogP contribution in [0.25, 0.3) is 16.6 Å². The average Bonchev–Trinajstić information content (AvgIpc) is 3.21. The third kappa shape index (κ3) is 6.55. The summed E-state index contributed by atoms with van der Waals surface area (Å²) in [6.07, 6.45) is 3.41. The van der Waals surface area contributed by atoms with Crippen molar-refractivity contribution in [2.45, 2.75) is 35.7 Å². The van der Waals surface area contributed by atoms with Gasteiger partial charge in [0.1, 0.15) is 5.84 Å². The second kappa shape index (κ2) is 12.2. The second-order valence-electron chi connectivity index (χ2n) is 9.14. The van der Waals surface area contributed by atoms with Crippen LogP contribution in [0, 0.1) is 0 Å². The van der Waals surface area contributed by atoms with E-state index >= 15 is 0 Å². The maximum Gasteiger partial charge on any atom is 0.266 e. The fourth-order valence-corrected chi connectivity index (χ4v) is 6.34. The van der Waals surface area contributed by atoms with Crippen molar-refractivity contribution in [3.63, 3.8) is 0 Å². The van der Waals surface area contributed by atoms with Crippen molar-refractivity contribution in [3.05, 3.63) is 88.2 Å². The predicted molar refractivity (Wildman–Crippen MR) is 159 cm³/mol. The number of hydrogen-bond donors (Lipinski definition) is 2. The number of aromatic nitrogens is 2. The number of nitrogens with zero attached hydrogens (tertiary/aromatic N) is 3. The number of rotatable bonds is 7. The smallest absolute Gasteiger partial charge is 0.266 e. The van der Waals surface area contributed by atoms with Gasteiger partial charge in [-0.05, 0) is 67.4 Å². The summed E-state index contributed by atoms with van der Waals surface area (Å²) < 4.78 is 29.9. The zero-order valence-corrected chi connectivity index (χ0v) is 23.7. The van der Waals surface area contributed by atoms with Crippen LogP contribution in [0.2, 0.25) is 5.02 Å². The zero-order valence-electron chi connectivity index (χ0n) is 21.3. The molecule has 2 heterocycles. The summed E-state index contributed by atoms with van der Waals surface area (Å²) in [5.74, 6) is 0.00777. The molecule has 2 N–H and O–H groups in total. The molecule has 1 amide bonds. The molecule has 4 aromatic rings. The summed E-state index contributed by atoms with van der Waals surface area (Å²) in [5, 5.41) is 4.06. The zero-order chi connectivity index (χ0) is 28.1. The third-order valence-electron chi connectivity index (χ3n) is 6.22. The molecule has 0 aliphatic carbocycles. The van der Waals surface area contributed by atoms with Crippen molar-refractivity contribution in [1.29, 1.82) is 0 Å². The number of amidine groups is 1. The van der Waals surface area contributed by atoms with Crippen LogP contribution >= 0.6 is 23.4 Å². The summed E-state index contributed by atoms with van der Waals surface area (Å²) in [6.45, 7) is 0.601. The Bertz CT molecular complexity index is 1760. The number of amides is 1. The van der Waals surface area contributed by atoms with Crippen molar-refractivity contribution < 1.29 is 13.2 Å². The Labute approximate surface area is 240 Å². The topological polar surface area (TPSA) is 123 Å². The van der Waals surface area contributed by atoms with Crippen LogP contribution < -0.4 is 15.6 Å². The van der Waals surface area contributed by atoms with E-state index < -0.39 is 10.0 Å². The van der Waals surface area contributed by atoms with E-state index in [-0.39, 0.29) is 22.1 Å². The van der Waals surface area contributed by atoms with E-state index in [2.05, 4.69) is 20.0 Å². The predicted octanol–water partition coefficient (Wildman–Crippen LogP) is 5.02. The van der Waals surface area contributed by atoms with E-state index in [1.165, 1.54) is 16.7 Å². The molecule has 12 heteroatoms. The molecule has 0 bridgehead atoms. The average molecular weight is 596 g/mol. The van der Waals surface area contributed by atoms with Gasteiger partial charge in [0.05, 0.1) is 27.2 Å². The summed E-state index contributed by atoms with van der Waals surface area (Å²) >= 11 is 7.14. The van der Waals surface area contributed by atoms with Gasteiger partial charge in [-0.15, -0.1) is 0 Å². The van der Waals surface area contributed by atoms with Crippen LogP contribution in [0.1, 0.15) is 25.7 Å². The Kier molecular flexibility index (Phi) is 8.53. The van der Waals surface area contributed by atoms with Crippen molar-refractivity contribution in [1.82, 2.24) is 14.3 Å². The van der Waals surface area contributed by atoms with Gasteiger partial charge >= 0.3 is 0 Å². The molecule has 1 aliphatic heterocycles. The van der Waals surface area contributed by atoms with Gasteiger partial charge in [-0.2, -0.15) is 0 Å². The lowest BCUT2D eigenvalue weighted by Crippen LogP contribution is -2.30. The fourth-order valence-electron chi connectivity index (χ4n) is 4.27. The number of carbonyl (C=O) groups excluding carboxylic acids is 1. The quantitative estimate of drug-likeness (QED) is 0.228. The highest BCUT2D eigenvalue weighted by Gasteiger charge is 2.19. The van der Waals surface area contributed by atoms with Crippen molar-refractivity contribution in [2.24, 2.45) is 4.99 Å². The van der Waals surface area contributed by atoms with Gasteiger partial charge in [-0.25, -0.2) is 13.4 Å². The number of sulfonamides is 1. The van der Waals surface area contributed by atoms with Gasteiger partial charge in [0.15, 0.2) is 5.16 Å². The van der Waals surface area contributed by atoms with Gasteiger partial charge in [-0.1, -0.05) is 48.0 Å². The molecule has 0 fully saturated rings. The van der Waals surface area contributed by atoms with E-state index in [0.717, 1.165) is 31.0 Å². The molecule has 0 radical (unpaired) electrons. The van der Waals surface area contributed by atoms with Crippen molar-refractivity contribution in [3.8, 4) is 5.69 Å². The maximum absolute atomic E-state index is 13.4. The molecular weight excluding hydrogens is 570 g/mol. The van der Waals surface area contributed by atoms with E-state index in [1.807, 2.05) is 0 Å². The van der Waals surface area contributed by atoms with Gasteiger partial charge in [0, 0.05) is 23.7 Å². The minimum atomic E-state index is -3.85. The van der Waals surface area contributed by atoms with Gasteiger partial charge in [0.2, 0.25) is 5.91 Å². The largest absolute Gasteiger partial charge is 0.325 e. The SMILES string of the molecule is O=C(CSc1nc2ccccc2c(=O)n1-c1ccc(Cl)cc1)Nc1cccc(S(=O)(=O)NC2=NCCCCC2)c1. The van der Waals surface area contributed by atoms with Gasteiger partial charge in [-0.3, -0.25) is 23.9 Å². The summed E-state index contributed by atoms with van der Waals surface area (Å²) in [5.41, 5.74) is 1.15. The number of aliphatic imine (C=N–C) groups is 1. The number of fused-ring (bicyclic) bond motifs is 1. The standard InChI is InChI=1S/C28H26ClN5O4S2/c29-19-12-14-21(15-13-19)34-27(36)23-9-3-4-10-24(23)32-28(34)39-18-26(35)31-20-7-6-8-22(17-20)40(37,38)33-25-11-2-1-5-16-30-25/h3-4,6-10,12-15,17H,1-2,5,11,16,18H2,(H,30,33)(H,31,35). The van der Waals surface area contributed by atoms with E-state index in [0.29, 0.717) is 51.3 Å². The first-order valence-electron chi connectivity index (χ1n) is 12.7. The number of para-hydroxylation sites is 1. The molecule has 9 nitrogen and oxygen atoms in total.